The SMILES string of the molecule is O=C1C(=O)N(c2nnc(SCc3ccccc3)s2)C(c2ccc(O)cc2)/C1=C(/O)c1ccc(F)cc1. The van der Waals surface area contributed by atoms with E-state index in [0.29, 0.717) is 15.7 Å². The van der Waals surface area contributed by atoms with Gasteiger partial charge >= 0.3 is 5.91 Å². The second-order valence-corrected chi connectivity index (χ2v) is 10.1. The number of nitrogens with zero attached hydrogens (tertiary/aromatic N) is 3. The number of aromatic nitrogens is 2. The first-order valence-corrected chi connectivity index (χ1v) is 12.6. The fourth-order valence-corrected chi connectivity index (χ4v) is 5.67. The number of Topliss-reactive ketones (excluding diaryl/α,β-unsaturated/α-hetero) is 1. The molecule has 0 saturated carbocycles. The average molecular weight is 520 g/mol. The van der Waals surface area contributed by atoms with Crippen molar-refractivity contribution in [3.63, 3.8) is 0 Å². The first-order valence-electron chi connectivity index (χ1n) is 10.8. The minimum absolute atomic E-state index is 0.00440. The minimum Gasteiger partial charge on any atom is -0.508 e. The number of anilines is 1. The lowest BCUT2D eigenvalue weighted by molar-refractivity contribution is -0.132. The van der Waals surface area contributed by atoms with Crippen molar-refractivity contribution in [3.05, 3.63) is 107 Å². The Morgan fingerprint density at radius 3 is 2.36 bits per heavy atom. The Morgan fingerprint density at radius 2 is 1.67 bits per heavy atom. The summed E-state index contributed by atoms with van der Waals surface area (Å²) in [5.74, 6) is -2.05. The van der Waals surface area contributed by atoms with Gasteiger partial charge in [0.1, 0.15) is 17.3 Å². The van der Waals surface area contributed by atoms with Crippen LogP contribution >= 0.6 is 23.1 Å². The maximum absolute atomic E-state index is 13.4. The average Bonchev–Trinajstić information content (AvgIpc) is 3.46. The zero-order chi connectivity index (χ0) is 25.2. The number of ketones is 1. The van der Waals surface area contributed by atoms with Crippen LogP contribution < -0.4 is 4.90 Å². The molecule has 7 nitrogen and oxygen atoms in total. The fourth-order valence-electron chi connectivity index (χ4n) is 3.84. The Hall–Kier alpha value is -4.02. The van der Waals surface area contributed by atoms with Gasteiger partial charge in [-0.2, -0.15) is 0 Å². The van der Waals surface area contributed by atoms with E-state index in [2.05, 4.69) is 10.2 Å². The quantitative estimate of drug-likeness (QED) is 0.117. The van der Waals surface area contributed by atoms with E-state index in [1.165, 1.54) is 40.9 Å². The number of phenols is 1. The molecule has 2 N–H and O–H groups in total. The Morgan fingerprint density at radius 1 is 0.972 bits per heavy atom. The van der Waals surface area contributed by atoms with E-state index in [0.717, 1.165) is 29.0 Å². The lowest BCUT2D eigenvalue weighted by Crippen LogP contribution is -2.29. The van der Waals surface area contributed by atoms with Crippen LogP contribution in [0.1, 0.15) is 22.7 Å². The molecule has 1 atom stereocenters. The number of aliphatic hydroxyl groups excluding tert-OH is 1. The molecule has 0 bridgehead atoms. The number of carbonyl (C=O) groups excluding carboxylic acids is 2. The number of carbonyl (C=O) groups is 2. The minimum atomic E-state index is -1.02. The number of thioether (sulfide) groups is 1. The van der Waals surface area contributed by atoms with Crippen molar-refractivity contribution in [3.8, 4) is 5.75 Å². The summed E-state index contributed by atoms with van der Waals surface area (Å²) in [6.07, 6.45) is 0. The third-order valence-electron chi connectivity index (χ3n) is 5.58. The first kappa shape index (κ1) is 23.7. The van der Waals surface area contributed by atoms with Gasteiger partial charge in [-0.1, -0.05) is 65.6 Å². The van der Waals surface area contributed by atoms with Crippen molar-refractivity contribution < 1.29 is 24.2 Å². The molecule has 1 amide bonds. The van der Waals surface area contributed by atoms with Crippen LogP contribution in [0.25, 0.3) is 5.76 Å². The number of aromatic hydroxyl groups is 1. The summed E-state index contributed by atoms with van der Waals surface area (Å²) in [4.78, 5) is 27.6. The van der Waals surface area contributed by atoms with Crippen molar-refractivity contribution in [2.75, 3.05) is 4.90 Å². The maximum Gasteiger partial charge on any atom is 0.301 e. The lowest BCUT2D eigenvalue weighted by atomic mass is 9.95. The third-order valence-corrected chi connectivity index (χ3v) is 7.70. The molecule has 5 rings (SSSR count). The molecular weight excluding hydrogens is 501 g/mol. The zero-order valence-electron chi connectivity index (χ0n) is 18.5. The van der Waals surface area contributed by atoms with Crippen molar-refractivity contribution in [1.29, 1.82) is 0 Å². The molecular formula is C26H18FN3O4S2. The molecule has 10 heteroatoms. The summed E-state index contributed by atoms with van der Waals surface area (Å²) >= 11 is 2.61. The molecule has 36 heavy (non-hydrogen) atoms. The van der Waals surface area contributed by atoms with Gasteiger partial charge in [0.25, 0.3) is 5.78 Å². The lowest BCUT2D eigenvalue weighted by Gasteiger charge is -2.22. The van der Waals surface area contributed by atoms with E-state index in [9.17, 15) is 24.2 Å². The van der Waals surface area contributed by atoms with Crippen LogP contribution in [0.4, 0.5) is 9.52 Å². The van der Waals surface area contributed by atoms with Crippen LogP contribution in [0, 0.1) is 5.82 Å². The van der Waals surface area contributed by atoms with Gasteiger partial charge in [0.2, 0.25) is 5.13 Å². The number of hydrogen-bond acceptors (Lipinski definition) is 8. The molecule has 0 aliphatic carbocycles. The molecule has 0 spiro atoms. The molecule has 0 radical (unpaired) electrons. The van der Waals surface area contributed by atoms with Crippen molar-refractivity contribution in [2.24, 2.45) is 0 Å². The highest BCUT2D eigenvalue weighted by molar-refractivity contribution is 8.00. The summed E-state index contributed by atoms with van der Waals surface area (Å²) in [5, 5.41) is 29.3. The van der Waals surface area contributed by atoms with Crippen LogP contribution in [-0.2, 0) is 15.3 Å². The molecule has 1 fully saturated rings. The molecule has 2 heterocycles. The Bertz CT molecular complexity index is 1450. The molecule has 1 aliphatic rings. The molecule has 180 valence electrons. The maximum atomic E-state index is 13.4. The van der Waals surface area contributed by atoms with Gasteiger partial charge in [-0.15, -0.1) is 10.2 Å². The van der Waals surface area contributed by atoms with E-state index < -0.39 is 29.3 Å². The summed E-state index contributed by atoms with van der Waals surface area (Å²) < 4.78 is 14.0. The van der Waals surface area contributed by atoms with Crippen LogP contribution in [0.3, 0.4) is 0 Å². The van der Waals surface area contributed by atoms with E-state index in [-0.39, 0.29) is 22.0 Å². The number of halogens is 1. The van der Waals surface area contributed by atoms with Crippen LogP contribution in [0.5, 0.6) is 5.75 Å². The molecule has 1 aliphatic heterocycles. The molecule has 1 unspecified atom stereocenters. The number of amides is 1. The summed E-state index contributed by atoms with van der Waals surface area (Å²) in [6, 6.07) is 19.7. The largest absolute Gasteiger partial charge is 0.508 e. The molecule has 1 saturated heterocycles. The van der Waals surface area contributed by atoms with Gasteiger partial charge in [-0.25, -0.2) is 4.39 Å². The normalized spacial score (nSPS) is 17.0. The first-order chi connectivity index (χ1) is 17.4. The molecule has 4 aromatic rings. The zero-order valence-corrected chi connectivity index (χ0v) is 20.2. The van der Waals surface area contributed by atoms with E-state index in [1.54, 1.807) is 12.1 Å². The summed E-state index contributed by atoms with van der Waals surface area (Å²) in [7, 11) is 0. The number of rotatable bonds is 6. The van der Waals surface area contributed by atoms with Crippen LogP contribution in [0.2, 0.25) is 0 Å². The Kier molecular flexibility index (Phi) is 6.53. The van der Waals surface area contributed by atoms with Crippen LogP contribution in [-0.4, -0.2) is 32.1 Å². The smallest absolute Gasteiger partial charge is 0.301 e. The van der Waals surface area contributed by atoms with Crippen LogP contribution in [0.15, 0.2) is 88.8 Å². The topological polar surface area (TPSA) is 104 Å². The Labute approximate surface area is 213 Å². The van der Waals surface area contributed by atoms with Gasteiger partial charge in [0, 0.05) is 11.3 Å². The molecule has 3 aromatic carbocycles. The van der Waals surface area contributed by atoms with Crippen molar-refractivity contribution >= 4 is 45.7 Å². The van der Waals surface area contributed by atoms with Gasteiger partial charge in [0.05, 0.1) is 11.6 Å². The highest BCUT2D eigenvalue weighted by atomic mass is 32.2. The predicted molar refractivity (Wildman–Crippen MR) is 135 cm³/mol. The van der Waals surface area contributed by atoms with E-state index >= 15 is 0 Å². The predicted octanol–water partition coefficient (Wildman–Crippen LogP) is 5.30. The van der Waals surface area contributed by atoms with E-state index in [4.69, 9.17) is 0 Å². The van der Waals surface area contributed by atoms with Gasteiger partial charge < -0.3 is 10.2 Å². The summed E-state index contributed by atoms with van der Waals surface area (Å²) in [6.45, 7) is 0. The number of phenolic OH excluding ortho intramolecular Hbond substituents is 1. The van der Waals surface area contributed by atoms with Gasteiger partial charge in [0.15, 0.2) is 4.34 Å². The highest BCUT2D eigenvalue weighted by Crippen LogP contribution is 2.44. The van der Waals surface area contributed by atoms with Gasteiger partial charge in [-0.05, 0) is 47.5 Å². The fraction of sp³-hybridized carbons (Fsp3) is 0.0769. The monoisotopic (exact) mass is 519 g/mol. The highest BCUT2D eigenvalue weighted by Gasteiger charge is 2.48. The standard InChI is InChI=1S/C26H18FN3O4S2/c27-18-10-6-17(7-11-18)22(32)20-21(16-8-12-19(31)13-9-16)30(24(34)23(20)33)25-28-29-26(36-25)35-14-15-4-2-1-3-5-15/h1-13,21,31-32H,14H2/b22-20-. The third kappa shape index (κ3) is 4.60. The second kappa shape index (κ2) is 9.92. The van der Waals surface area contributed by atoms with Crippen molar-refractivity contribution in [2.45, 2.75) is 16.1 Å². The van der Waals surface area contributed by atoms with E-state index in [1.807, 2.05) is 30.3 Å². The number of aliphatic hydroxyl groups is 1. The second-order valence-electron chi connectivity index (χ2n) is 7.89. The Balaban J connectivity index is 1.55. The number of hydrogen-bond donors (Lipinski definition) is 2. The summed E-state index contributed by atoms with van der Waals surface area (Å²) in [5.41, 5.74) is 1.60. The number of benzene rings is 3. The molecule has 1 aromatic heterocycles. The van der Waals surface area contributed by atoms with Crippen molar-refractivity contribution in [1.82, 2.24) is 10.2 Å². The van der Waals surface area contributed by atoms with Gasteiger partial charge in [-0.3, -0.25) is 14.5 Å².